The predicted octanol–water partition coefficient (Wildman–Crippen LogP) is 3.41. The molecule has 1 aliphatic rings. The molecule has 4 rings (SSSR count). The molecule has 1 saturated heterocycles. The number of hydrogen-bond acceptors (Lipinski definition) is 4. The zero-order valence-corrected chi connectivity index (χ0v) is 15.9. The molecule has 0 unspecified atom stereocenters. The highest BCUT2D eigenvalue weighted by Gasteiger charge is 2.25. The smallest absolute Gasteiger partial charge is 0.339 e. The molecule has 1 amide bonds. The normalized spacial score (nSPS) is 13.9. The van der Waals surface area contributed by atoms with Crippen LogP contribution in [-0.4, -0.2) is 53.0 Å². The summed E-state index contributed by atoms with van der Waals surface area (Å²) >= 11 is 0. The molecule has 3 aromatic rings. The Morgan fingerprint density at radius 3 is 2.28 bits per heavy atom. The third-order valence-corrected chi connectivity index (χ3v) is 5.10. The van der Waals surface area contributed by atoms with Gasteiger partial charge in [-0.3, -0.25) is 4.79 Å². The van der Waals surface area contributed by atoms with E-state index in [-0.39, 0.29) is 11.5 Å². The molecular formula is C23H21N3O3. The minimum atomic E-state index is -0.996. The van der Waals surface area contributed by atoms with Crippen LogP contribution in [-0.2, 0) is 0 Å². The van der Waals surface area contributed by atoms with Crippen LogP contribution in [0.2, 0.25) is 0 Å². The fourth-order valence-electron chi connectivity index (χ4n) is 3.58. The highest BCUT2D eigenvalue weighted by atomic mass is 16.4. The number of anilines is 1. The van der Waals surface area contributed by atoms with Crippen molar-refractivity contribution in [1.82, 2.24) is 9.88 Å². The Balaban J connectivity index is 1.47. The van der Waals surface area contributed by atoms with Crippen molar-refractivity contribution in [3.8, 4) is 11.1 Å². The van der Waals surface area contributed by atoms with Crippen LogP contribution >= 0.6 is 0 Å². The number of carbonyl (C=O) groups is 2. The molecule has 0 saturated carbocycles. The second-order valence-corrected chi connectivity index (χ2v) is 6.91. The minimum absolute atomic E-state index is 0.0121. The summed E-state index contributed by atoms with van der Waals surface area (Å²) in [6, 6.07) is 20.8. The van der Waals surface area contributed by atoms with Gasteiger partial charge in [0, 0.05) is 37.9 Å². The van der Waals surface area contributed by atoms with Gasteiger partial charge in [-0.15, -0.1) is 0 Å². The predicted molar refractivity (Wildman–Crippen MR) is 111 cm³/mol. The first-order valence-electron chi connectivity index (χ1n) is 9.51. The van der Waals surface area contributed by atoms with Crippen molar-refractivity contribution in [3.63, 3.8) is 0 Å². The number of nitrogens with zero attached hydrogens (tertiary/aromatic N) is 3. The average molecular weight is 387 g/mol. The van der Waals surface area contributed by atoms with Crippen molar-refractivity contribution in [2.24, 2.45) is 0 Å². The number of carbonyl (C=O) groups excluding carboxylic acids is 1. The molecule has 2 aromatic carbocycles. The van der Waals surface area contributed by atoms with Gasteiger partial charge in [-0.2, -0.15) is 0 Å². The van der Waals surface area contributed by atoms with Crippen molar-refractivity contribution in [1.29, 1.82) is 0 Å². The van der Waals surface area contributed by atoms with E-state index in [1.807, 2.05) is 64.4 Å². The molecule has 29 heavy (non-hydrogen) atoms. The van der Waals surface area contributed by atoms with E-state index in [1.165, 1.54) is 0 Å². The Labute approximate surface area is 169 Å². The van der Waals surface area contributed by atoms with Crippen LogP contribution in [0.1, 0.15) is 20.7 Å². The van der Waals surface area contributed by atoms with Crippen LogP contribution in [0.5, 0.6) is 0 Å². The molecule has 2 heterocycles. The number of benzene rings is 2. The third-order valence-electron chi connectivity index (χ3n) is 5.10. The van der Waals surface area contributed by atoms with E-state index in [2.05, 4.69) is 4.98 Å². The lowest BCUT2D eigenvalue weighted by atomic mass is 10.0. The molecule has 6 heteroatoms. The molecule has 0 atom stereocenters. The summed E-state index contributed by atoms with van der Waals surface area (Å²) in [5.74, 6) is -0.551. The van der Waals surface area contributed by atoms with Gasteiger partial charge in [-0.05, 0) is 35.4 Å². The van der Waals surface area contributed by atoms with Crippen molar-refractivity contribution in [3.05, 3.63) is 84.1 Å². The van der Waals surface area contributed by atoms with E-state index in [0.29, 0.717) is 37.6 Å². The first-order valence-corrected chi connectivity index (χ1v) is 9.51. The summed E-state index contributed by atoms with van der Waals surface area (Å²) in [5, 5.41) is 9.37. The van der Waals surface area contributed by atoms with Gasteiger partial charge in [0.25, 0.3) is 5.91 Å². The van der Waals surface area contributed by atoms with Gasteiger partial charge in [0.1, 0.15) is 11.4 Å². The van der Waals surface area contributed by atoms with Crippen LogP contribution in [0, 0.1) is 0 Å². The van der Waals surface area contributed by atoms with E-state index in [0.717, 1.165) is 11.1 Å². The van der Waals surface area contributed by atoms with Gasteiger partial charge in [0.2, 0.25) is 0 Å². The molecule has 0 aliphatic carbocycles. The monoisotopic (exact) mass is 387 g/mol. The Morgan fingerprint density at radius 2 is 1.55 bits per heavy atom. The lowest BCUT2D eigenvalue weighted by Crippen LogP contribution is -2.49. The number of piperazine rings is 1. The van der Waals surface area contributed by atoms with Crippen molar-refractivity contribution >= 4 is 17.7 Å². The number of carboxylic acids is 1. The Kier molecular flexibility index (Phi) is 5.24. The molecular weight excluding hydrogens is 366 g/mol. The van der Waals surface area contributed by atoms with E-state index in [1.54, 1.807) is 18.3 Å². The number of pyridine rings is 1. The summed E-state index contributed by atoms with van der Waals surface area (Å²) in [6.07, 6.45) is 1.59. The summed E-state index contributed by atoms with van der Waals surface area (Å²) in [6.45, 7) is 2.12. The van der Waals surface area contributed by atoms with Gasteiger partial charge in [-0.1, -0.05) is 42.5 Å². The molecule has 0 bridgehead atoms. The third kappa shape index (κ3) is 3.96. The lowest BCUT2D eigenvalue weighted by molar-refractivity contribution is 0.0692. The molecule has 1 N–H and O–H groups in total. The molecule has 1 aromatic heterocycles. The number of aromatic nitrogens is 1. The standard InChI is InChI=1S/C23H21N3O3/c27-22(19-9-4-8-18(16-19)17-6-2-1-3-7-17)26-14-12-25(13-15-26)21-20(23(28)29)10-5-11-24-21/h1-11,16H,12-15H2,(H,28,29). The Bertz CT molecular complexity index is 1030. The average Bonchev–Trinajstić information content (AvgIpc) is 2.79. The van der Waals surface area contributed by atoms with E-state index < -0.39 is 5.97 Å². The summed E-state index contributed by atoms with van der Waals surface area (Å²) in [4.78, 5) is 32.4. The van der Waals surface area contributed by atoms with E-state index in [9.17, 15) is 14.7 Å². The van der Waals surface area contributed by atoms with E-state index >= 15 is 0 Å². The number of amides is 1. The molecule has 1 aliphatic heterocycles. The van der Waals surface area contributed by atoms with E-state index in [4.69, 9.17) is 0 Å². The Hall–Kier alpha value is -3.67. The van der Waals surface area contributed by atoms with Gasteiger partial charge < -0.3 is 14.9 Å². The quantitative estimate of drug-likeness (QED) is 0.743. The molecule has 146 valence electrons. The number of carboxylic acid groups (broad SMARTS) is 1. The van der Waals surface area contributed by atoms with Crippen LogP contribution < -0.4 is 4.90 Å². The second kappa shape index (κ2) is 8.14. The summed E-state index contributed by atoms with van der Waals surface area (Å²) < 4.78 is 0. The van der Waals surface area contributed by atoms with Crippen LogP contribution in [0.4, 0.5) is 5.82 Å². The largest absolute Gasteiger partial charge is 0.478 e. The fourth-order valence-corrected chi connectivity index (χ4v) is 3.58. The van der Waals surface area contributed by atoms with Gasteiger partial charge >= 0.3 is 5.97 Å². The molecule has 6 nitrogen and oxygen atoms in total. The van der Waals surface area contributed by atoms with Crippen LogP contribution in [0.15, 0.2) is 72.9 Å². The zero-order valence-electron chi connectivity index (χ0n) is 15.9. The van der Waals surface area contributed by atoms with Crippen molar-refractivity contribution in [2.75, 3.05) is 31.1 Å². The second-order valence-electron chi connectivity index (χ2n) is 6.91. The first-order chi connectivity index (χ1) is 14.1. The first kappa shape index (κ1) is 18.7. The number of hydrogen-bond donors (Lipinski definition) is 1. The fraction of sp³-hybridized carbons (Fsp3) is 0.174. The maximum Gasteiger partial charge on any atom is 0.339 e. The Morgan fingerprint density at radius 1 is 0.828 bits per heavy atom. The van der Waals surface area contributed by atoms with Crippen LogP contribution in [0.25, 0.3) is 11.1 Å². The van der Waals surface area contributed by atoms with Gasteiger partial charge in [0.15, 0.2) is 0 Å². The number of aromatic carboxylic acids is 1. The highest BCUT2D eigenvalue weighted by Crippen LogP contribution is 2.22. The maximum absolute atomic E-state index is 13.0. The van der Waals surface area contributed by atoms with Crippen LogP contribution in [0.3, 0.4) is 0 Å². The summed E-state index contributed by atoms with van der Waals surface area (Å²) in [5.41, 5.74) is 2.92. The summed E-state index contributed by atoms with van der Waals surface area (Å²) in [7, 11) is 0. The SMILES string of the molecule is O=C(O)c1cccnc1N1CCN(C(=O)c2cccc(-c3ccccc3)c2)CC1. The van der Waals surface area contributed by atoms with Crippen molar-refractivity contribution in [2.45, 2.75) is 0 Å². The van der Waals surface area contributed by atoms with Crippen molar-refractivity contribution < 1.29 is 14.7 Å². The minimum Gasteiger partial charge on any atom is -0.478 e. The molecule has 0 radical (unpaired) electrons. The molecule has 0 spiro atoms. The highest BCUT2D eigenvalue weighted by molar-refractivity contribution is 5.96. The molecule has 1 fully saturated rings. The topological polar surface area (TPSA) is 73.7 Å². The maximum atomic E-state index is 13.0. The van der Waals surface area contributed by atoms with Gasteiger partial charge in [-0.25, -0.2) is 9.78 Å². The number of rotatable bonds is 4. The van der Waals surface area contributed by atoms with Gasteiger partial charge in [0.05, 0.1) is 0 Å². The lowest BCUT2D eigenvalue weighted by Gasteiger charge is -2.36. The zero-order chi connectivity index (χ0) is 20.2.